The van der Waals surface area contributed by atoms with Crippen molar-refractivity contribution >= 4 is 39.7 Å². The zero-order chi connectivity index (χ0) is 17.1. The molecule has 0 aliphatic carbocycles. The van der Waals surface area contributed by atoms with E-state index in [2.05, 4.69) is 14.6 Å². The molecule has 9 nitrogen and oxygen atoms in total. The second kappa shape index (κ2) is 6.91. The van der Waals surface area contributed by atoms with Crippen LogP contribution in [0.4, 0.5) is 22.2 Å². The van der Waals surface area contributed by atoms with Crippen LogP contribution in [0.3, 0.4) is 0 Å². The van der Waals surface area contributed by atoms with E-state index >= 15 is 0 Å². The number of carboxylic acid groups (broad SMARTS) is 1. The van der Waals surface area contributed by atoms with Crippen molar-refractivity contribution < 1.29 is 25.0 Å². The van der Waals surface area contributed by atoms with Crippen molar-refractivity contribution in [3.8, 4) is 5.75 Å². The Kier molecular flexibility index (Phi) is 4.69. The van der Waals surface area contributed by atoms with Crippen molar-refractivity contribution in [2.45, 2.75) is 0 Å². The van der Waals surface area contributed by atoms with Gasteiger partial charge in [-0.2, -0.15) is 4.37 Å². The molecule has 0 bridgehead atoms. The molecular weight excluding hydrogens is 336 g/mol. The lowest BCUT2D eigenvalue weighted by Gasteiger charge is -2.28. The number of rotatable bonds is 5. The van der Waals surface area contributed by atoms with Crippen LogP contribution in [0.1, 0.15) is 10.4 Å². The van der Waals surface area contributed by atoms with Gasteiger partial charge in [0.1, 0.15) is 22.0 Å². The highest BCUT2D eigenvalue weighted by molar-refractivity contribution is 7.11. The highest BCUT2D eigenvalue weighted by Crippen LogP contribution is 2.40. The van der Waals surface area contributed by atoms with E-state index in [4.69, 9.17) is 9.84 Å². The van der Waals surface area contributed by atoms with Crippen LogP contribution in [-0.2, 0) is 4.74 Å². The van der Waals surface area contributed by atoms with Gasteiger partial charge in [0, 0.05) is 18.8 Å². The SMILES string of the molecule is O=C(O)c1cc(Nc2c(NO)nsc2N2CCOCC2)ccc1O. The molecule has 5 N–H and O–H groups in total. The Hall–Kier alpha value is -2.56. The molecule has 128 valence electrons. The lowest BCUT2D eigenvalue weighted by atomic mass is 10.1. The number of aromatic hydroxyl groups is 1. The quantitative estimate of drug-likeness (QED) is 0.405. The number of hydrogen-bond donors (Lipinski definition) is 5. The number of nitrogens with zero attached hydrogens (tertiary/aromatic N) is 2. The Morgan fingerprint density at radius 1 is 1.33 bits per heavy atom. The molecule has 0 radical (unpaired) electrons. The van der Waals surface area contributed by atoms with E-state index in [-0.39, 0.29) is 17.1 Å². The third-order valence-corrected chi connectivity index (χ3v) is 4.48. The zero-order valence-electron chi connectivity index (χ0n) is 12.5. The maximum atomic E-state index is 11.1. The topological polar surface area (TPSA) is 127 Å². The van der Waals surface area contributed by atoms with Crippen LogP contribution in [0.5, 0.6) is 5.75 Å². The van der Waals surface area contributed by atoms with Gasteiger partial charge in [0.15, 0.2) is 5.82 Å². The van der Waals surface area contributed by atoms with E-state index in [1.54, 1.807) is 6.07 Å². The van der Waals surface area contributed by atoms with Crippen LogP contribution in [-0.4, -0.2) is 52.1 Å². The first-order valence-corrected chi connectivity index (χ1v) is 7.93. The summed E-state index contributed by atoms with van der Waals surface area (Å²) in [6, 6.07) is 4.16. The van der Waals surface area contributed by atoms with Gasteiger partial charge < -0.3 is 25.2 Å². The molecule has 3 rings (SSSR count). The summed E-state index contributed by atoms with van der Waals surface area (Å²) >= 11 is 1.21. The molecule has 2 aromatic rings. The number of carboxylic acids is 1. The number of carbonyl (C=O) groups is 1. The fourth-order valence-electron chi connectivity index (χ4n) is 2.38. The molecule has 1 aliphatic rings. The summed E-state index contributed by atoms with van der Waals surface area (Å²) in [5.74, 6) is -1.30. The number of aromatic nitrogens is 1. The first-order chi connectivity index (χ1) is 11.6. The predicted molar refractivity (Wildman–Crippen MR) is 88.9 cm³/mol. The third-order valence-electron chi connectivity index (χ3n) is 3.57. The molecule has 1 fully saturated rings. The number of hydrogen-bond acceptors (Lipinski definition) is 9. The molecule has 24 heavy (non-hydrogen) atoms. The molecule has 0 amide bonds. The molecule has 1 aliphatic heterocycles. The Balaban J connectivity index is 1.93. The molecule has 1 saturated heterocycles. The number of phenols is 1. The van der Waals surface area contributed by atoms with Gasteiger partial charge in [-0.3, -0.25) is 5.21 Å². The number of nitrogens with one attached hydrogen (secondary N) is 2. The molecule has 0 unspecified atom stereocenters. The smallest absolute Gasteiger partial charge is 0.339 e. The summed E-state index contributed by atoms with van der Waals surface area (Å²) in [6.07, 6.45) is 0. The van der Waals surface area contributed by atoms with Crippen molar-refractivity contribution in [3.05, 3.63) is 23.8 Å². The number of morpholine rings is 1. The number of ether oxygens (including phenoxy) is 1. The molecule has 0 atom stereocenters. The average molecular weight is 352 g/mol. The average Bonchev–Trinajstić information content (AvgIpc) is 2.99. The minimum Gasteiger partial charge on any atom is -0.507 e. The van der Waals surface area contributed by atoms with Gasteiger partial charge in [-0.25, -0.2) is 10.3 Å². The van der Waals surface area contributed by atoms with Gasteiger partial charge in [0.25, 0.3) is 0 Å². The van der Waals surface area contributed by atoms with E-state index < -0.39 is 5.97 Å². The summed E-state index contributed by atoms with van der Waals surface area (Å²) in [6.45, 7) is 2.58. The molecule has 0 saturated carbocycles. The fourth-order valence-corrected chi connectivity index (χ4v) is 3.23. The zero-order valence-corrected chi connectivity index (χ0v) is 13.3. The Morgan fingerprint density at radius 3 is 2.75 bits per heavy atom. The minimum atomic E-state index is -1.23. The van der Waals surface area contributed by atoms with Gasteiger partial charge in [0.2, 0.25) is 0 Å². The first kappa shape index (κ1) is 16.3. The second-order valence-electron chi connectivity index (χ2n) is 5.08. The van der Waals surface area contributed by atoms with Gasteiger partial charge in [-0.05, 0) is 29.7 Å². The number of aromatic carboxylic acids is 1. The van der Waals surface area contributed by atoms with Gasteiger partial charge in [-0.1, -0.05) is 0 Å². The van der Waals surface area contributed by atoms with Crippen molar-refractivity contribution in [1.82, 2.24) is 4.37 Å². The van der Waals surface area contributed by atoms with Crippen molar-refractivity contribution in [2.24, 2.45) is 0 Å². The fraction of sp³-hybridized carbons (Fsp3) is 0.286. The maximum Gasteiger partial charge on any atom is 0.339 e. The van der Waals surface area contributed by atoms with E-state index in [1.807, 2.05) is 5.48 Å². The summed E-state index contributed by atoms with van der Waals surface area (Å²) < 4.78 is 9.48. The monoisotopic (exact) mass is 352 g/mol. The molecule has 1 aromatic carbocycles. The van der Waals surface area contributed by atoms with Gasteiger partial charge >= 0.3 is 5.97 Å². The van der Waals surface area contributed by atoms with E-state index in [9.17, 15) is 15.1 Å². The van der Waals surface area contributed by atoms with E-state index in [0.29, 0.717) is 37.7 Å². The highest BCUT2D eigenvalue weighted by Gasteiger charge is 2.22. The van der Waals surface area contributed by atoms with Crippen LogP contribution in [0.2, 0.25) is 0 Å². The molecule has 2 heterocycles. The minimum absolute atomic E-state index is 0.213. The molecular formula is C14H16N4O5S. The lowest BCUT2D eigenvalue weighted by Crippen LogP contribution is -2.36. The van der Waals surface area contributed by atoms with Crippen molar-refractivity contribution in [1.29, 1.82) is 0 Å². The maximum absolute atomic E-state index is 11.1. The Bertz CT molecular complexity index is 745. The third kappa shape index (κ3) is 3.20. The first-order valence-electron chi connectivity index (χ1n) is 7.16. The molecule has 0 spiro atoms. The number of anilines is 4. The van der Waals surface area contributed by atoms with Crippen LogP contribution < -0.4 is 15.7 Å². The van der Waals surface area contributed by atoms with Crippen LogP contribution in [0.15, 0.2) is 18.2 Å². The normalized spacial score (nSPS) is 14.5. The predicted octanol–water partition coefficient (Wildman–Crippen LogP) is 1.93. The van der Waals surface area contributed by atoms with E-state index in [1.165, 1.54) is 23.7 Å². The second-order valence-corrected chi connectivity index (χ2v) is 5.84. The van der Waals surface area contributed by atoms with Crippen LogP contribution in [0.25, 0.3) is 0 Å². The van der Waals surface area contributed by atoms with Gasteiger partial charge in [-0.15, -0.1) is 0 Å². The summed E-state index contributed by atoms with van der Waals surface area (Å²) in [7, 11) is 0. The van der Waals surface area contributed by atoms with Crippen LogP contribution >= 0.6 is 11.5 Å². The Labute approximate surface area is 141 Å². The molecule has 1 aromatic heterocycles. The van der Waals surface area contributed by atoms with E-state index in [0.717, 1.165) is 5.00 Å². The molecule has 10 heteroatoms. The summed E-state index contributed by atoms with van der Waals surface area (Å²) in [5.41, 5.74) is 2.81. The van der Waals surface area contributed by atoms with Crippen molar-refractivity contribution in [3.63, 3.8) is 0 Å². The van der Waals surface area contributed by atoms with Crippen molar-refractivity contribution in [2.75, 3.05) is 42.0 Å². The largest absolute Gasteiger partial charge is 0.507 e. The number of benzene rings is 1. The Morgan fingerprint density at radius 2 is 2.08 bits per heavy atom. The lowest BCUT2D eigenvalue weighted by molar-refractivity contribution is 0.0694. The van der Waals surface area contributed by atoms with Crippen LogP contribution in [0, 0.1) is 0 Å². The standard InChI is InChI=1S/C14H16N4O5S/c19-10-2-1-8(7-9(10)14(20)21)15-11-12(16-22)17-24-13(11)18-3-5-23-6-4-18/h1-2,7,15,19,22H,3-6H2,(H,16,17)(H,20,21). The summed E-state index contributed by atoms with van der Waals surface area (Å²) in [5, 5.41) is 31.8. The van der Waals surface area contributed by atoms with Gasteiger partial charge in [0.05, 0.1) is 13.2 Å². The summed E-state index contributed by atoms with van der Waals surface area (Å²) in [4.78, 5) is 13.2. The highest BCUT2D eigenvalue weighted by atomic mass is 32.1.